The molecule has 78 valence electrons. The molecule has 15 heavy (non-hydrogen) atoms. The van der Waals surface area contributed by atoms with Crippen LogP contribution in [-0.2, 0) is 0 Å². The number of nitro groups is 1. The molecule has 0 aliphatic rings. The van der Waals surface area contributed by atoms with Crippen molar-refractivity contribution in [2.75, 3.05) is 11.9 Å². The first-order valence-corrected chi connectivity index (χ1v) is 4.62. The Balaban J connectivity index is 2.66. The lowest BCUT2D eigenvalue weighted by Gasteiger charge is -2.03. The second-order valence-corrected chi connectivity index (χ2v) is 2.88. The van der Waals surface area contributed by atoms with Gasteiger partial charge in [-0.3, -0.25) is 10.1 Å². The molecule has 1 rings (SSSR count). The maximum Gasteiger partial charge on any atom is 0.292 e. The molecule has 0 unspecified atom stereocenters. The number of nitrogens with one attached hydrogen (secondary N) is 1. The van der Waals surface area contributed by atoms with Gasteiger partial charge < -0.3 is 5.32 Å². The summed E-state index contributed by atoms with van der Waals surface area (Å²) in [6, 6.07) is 6.58. The topological polar surface area (TPSA) is 55.2 Å². The van der Waals surface area contributed by atoms with Crippen molar-refractivity contribution >= 4 is 11.4 Å². The van der Waals surface area contributed by atoms with E-state index < -0.39 is 4.92 Å². The maximum atomic E-state index is 10.6. The predicted molar refractivity (Wildman–Crippen MR) is 59.7 cm³/mol. The summed E-state index contributed by atoms with van der Waals surface area (Å²) in [6.07, 6.45) is 0.683. The van der Waals surface area contributed by atoms with Crippen molar-refractivity contribution in [3.05, 3.63) is 34.4 Å². The van der Waals surface area contributed by atoms with Gasteiger partial charge >= 0.3 is 0 Å². The van der Waals surface area contributed by atoms with E-state index in [9.17, 15) is 10.1 Å². The lowest BCUT2D eigenvalue weighted by molar-refractivity contribution is -0.384. The van der Waals surface area contributed by atoms with E-state index in [1.54, 1.807) is 25.1 Å². The van der Waals surface area contributed by atoms with Gasteiger partial charge in [-0.05, 0) is 13.0 Å². The monoisotopic (exact) mass is 204 g/mol. The molecule has 1 N–H and O–H groups in total. The van der Waals surface area contributed by atoms with Crippen molar-refractivity contribution in [3.8, 4) is 11.8 Å². The Labute approximate surface area is 88.5 Å². The molecule has 4 heteroatoms. The minimum Gasteiger partial charge on any atom is -0.379 e. The van der Waals surface area contributed by atoms with Crippen LogP contribution in [0.4, 0.5) is 11.4 Å². The molecular weight excluding hydrogens is 192 g/mol. The second kappa shape index (κ2) is 5.66. The second-order valence-electron chi connectivity index (χ2n) is 2.88. The van der Waals surface area contributed by atoms with Gasteiger partial charge in [0.25, 0.3) is 5.69 Å². The Hall–Kier alpha value is -2.02. The number of hydrogen-bond donors (Lipinski definition) is 1. The molecule has 1 aromatic rings. The molecule has 0 aromatic heterocycles. The molecule has 0 saturated carbocycles. The zero-order chi connectivity index (χ0) is 11.1. The number of hydrogen-bond acceptors (Lipinski definition) is 3. The van der Waals surface area contributed by atoms with E-state index >= 15 is 0 Å². The number of nitrogens with zero attached hydrogens (tertiary/aromatic N) is 1. The predicted octanol–water partition coefficient (Wildman–Crippen LogP) is 2.42. The van der Waals surface area contributed by atoms with Gasteiger partial charge in [-0.25, -0.2) is 0 Å². The Kier molecular flexibility index (Phi) is 4.17. The molecule has 0 heterocycles. The summed E-state index contributed by atoms with van der Waals surface area (Å²) in [5.74, 6) is 5.65. The minimum absolute atomic E-state index is 0.0990. The fraction of sp³-hybridized carbons (Fsp3) is 0.273. The molecule has 4 nitrogen and oxygen atoms in total. The van der Waals surface area contributed by atoms with Crippen LogP contribution in [0, 0.1) is 22.0 Å². The molecule has 0 aliphatic heterocycles. The van der Waals surface area contributed by atoms with Gasteiger partial charge in [-0.15, -0.1) is 11.8 Å². The summed E-state index contributed by atoms with van der Waals surface area (Å²) in [6.45, 7) is 2.39. The first-order chi connectivity index (χ1) is 7.25. The third-order valence-corrected chi connectivity index (χ3v) is 1.84. The van der Waals surface area contributed by atoms with E-state index in [1.165, 1.54) is 6.07 Å². The van der Waals surface area contributed by atoms with Crippen LogP contribution in [0.3, 0.4) is 0 Å². The Morgan fingerprint density at radius 2 is 2.20 bits per heavy atom. The smallest absolute Gasteiger partial charge is 0.292 e. The van der Waals surface area contributed by atoms with Gasteiger partial charge in [0.05, 0.1) is 4.92 Å². The van der Waals surface area contributed by atoms with Crippen LogP contribution in [-0.4, -0.2) is 11.5 Å². The summed E-state index contributed by atoms with van der Waals surface area (Å²) in [4.78, 5) is 10.3. The molecule has 1 aromatic carbocycles. The normalized spacial score (nSPS) is 8.87. The first kappa shape index (κ1) is 11.1. The Bertz CT molecular complexity index is 405. The zero-order valence-corrected chi connectivity index (χ0v) is 8.49. The lowest BCUT2D eigenvalue weighted by atomic mass is 10.2. The average Bonchev–Trinajstić information content (AvgIpc) is 2.25. The van der Waals surface area contributed by atoms with Gasteiger partial charge in [0.1, 0.15) is 5.69 Å². The fourth-order valence-corrected chi connectivity index (χ4v) is 1.17. The molecule has 0 amide bonds. The highest BCUT2D eigenvalue weighted by Crippen LogP contribution is 2.22. The zero-order valence-electron chi connectivity index (χ0n) is 8.49. The SMILES string of the molecule is CC#CCCNc1ccccc1[N+](=O)[O-]. The Morgan fingerprint density at radius 1 is 1.47 bits per heavy atom. The van der Waals surface area contributed by atoms with Gasteiger partial charge in [-0.1, -0.05) is 12.1 Å². The van der Waals surface area contributed by atoms with Crippen molar-refractivity contribution in [2.45, 2.75) is 13.3 Å². The molecule has 0 fully saturated rings. The molecular formula is C11H12N2O2. The molecule has 0 bridgehead atoms. The molecule has 0 radical (unpaired) electrons. The van der Waals surface area contributed by atoms with E-state index in [0.29, 0.717) is 18.7 Å². The average molecular weight is 204 g/mol. The standard InChI is InChI=1S/C11H12N2O2/c1-2-3-6-9-12-10-7-4-5-8-11(10)13(14)15/h4-5,7-8,12H,6,9H2,1H3. The largest absolute Gasteiger partial charge is 0.379 e. The third-order valence-electron chi connectivity index (χ3n) is 1.84. The molecule has 0 aliphatic carbocycles. The van der Waals surface area contributed by atoms with Crippen molar-refractivity contribution in [1.29, 1.82) is 0 Å². The van der Waals surface area contributed by atoms with Gasteiger partial charge in [0.15, 0.2) is 0 Å². The van der Waals surface area contributed by atoms with Crippen LogP contribution in [0.2, 0.25) is 0 Å². The molecule has 0 spiro atoms. The van der Waals surface area contributed by atoms with Gasteiger partial charge in [0.2, 0.25) is 0 Å². The van der Waals surface area contributed by atoms with E-state index in [1.807, 2.05) is 0 Å². The summed E-state index contributed by atoms with van der Waals surface area (Å²) < 4.78 is 0. The van der Waals surface area contributed by atoms with E-state index in [-0.39, 0.29) is 5.69 Å². The lowest BCUT2D eigenvalue weighted by Crippen LogP contribution is -2.03. The van der Waals surface area contributed by atoms with Crippen molar-refractivity contribution in [3.63, 3.8) is 0 Å². The van der Waals surface area contributed by atoms with Crippen molar-refractivity contribution in [2.24, 2.45) is 0 Å². The van der Waals surface area contributed by atoms with Crippen LogP contribution < -0.4 is 5.32 Å². The van der Waals surface area contributed by atoms with Gasteiger partial charge in [0, 0.05) is 19.0 Å². The summed E-state index contributed by atoms with van der Waals surface area (Å²) in [5, 5.41) is 13.6. The maximum absolute atomic E-state index is 10.6. The summed E-state index contributed by atoms with van der Waals surface area (Å²) in [7, 11) is 0. The van der Waals surface area contributed by atoms with Crippen LogP contribution in [0.25, 0.3) is 0 Å². The van der Waals surface area contributed by atoms with Crippen molar-refractivity contribution < 1.29 is 4.92 Å². The third kappa shape index (κ3) is 3.31. The number of nitro benzene ring substituents is 1. The fourth-order valence-electron chi connectivity index (χ4n) is 1.17. The Morgan fingerprint density at radius 3 is 2.87 bits per heavy atom. The first-order valence-electron chi connectivity index (χ1n) is 4.62. The highest BCUT2D eigenvalue weighted by atomic mass is 16.6. The quantitative estimate of drug-likeness (QED) is 0.354. The van der Waals surface area contributed by atoms with E-state index in [0.717, 1.165) is 0 Å². The van der Waals surface area contributed by atoms with Crippen LogP contribution in [0.15, 0.2) is 24.3 Å². The number of benzene rings is 1. The molecule has 0 saturated heterocycles. The summed E-state index contributed by atoms with van der Waals surface area (Å²) >= 11 is 0. The highest BCUT2D eigenvalue weighted by molar-refractivity contribution is 5.61. The summed E-state index contributed by atoms with van der Waals surface area (Å²) in [5.41, 5.74) is 0.641. The van der Waals surface area contributed by atoms with Crippen LogP contribution in [0.5, 0.6) is 0 Å². The number of para-hydroxylation sites is 2. The van der Waals surface area contributed by atoms with Crippen molar-refractivity contribution in [1.82, 2.24) is 0 Å². The number of anilines is 1. The van der Waals surface area contributed by atoms with Crippen LogP contribution >= 0.6 is 0 Å². The van der Waals surface area contributed by atoms with Gasteiger partial charge in [-0.2, -0.15) is 0 Å². The van der Waals surface area contributed by atoms with E-state index in [4.69, 9.17) is 0 Å². The van der Waals surface area contributed by atoms with Crippen LogP contribution in [0.1, 0.15) is 13.3 Å². The van der Waals surface area contributed by atoms with E-state index in [2.05, 4.69) is 17.2 Å². The minimum atomic E-state index is -0.395. The molecule has 0 atom stereocenters. The highest BCUT2D eigenvalue weighted by Gasteiger charge is 2.10. The number of rotatable bonds is 4.